The second-order valence-corrected chi connectivity index (χ2v) is 5.25. The van der Waals surface area contributed by atoms with E-state index in [2.05, 4.69) is 22.8 Å². The molecule has 5 heteroatoms. The van der Waals surface area contributed by atoms with Crippen molar-refractivity contribution in [1.82, 2.24) is 15.2 Å². The van der Waals surface area contributed by atoms with Crippen LogP contribution in [-0.2, 0) is 22.6 Å². The molecule has 0 aliphatic rings. The molecule has 0 radical (unpaired) electrons. The summed E-state index contributed by atoms with van der Waals surface area (Å²) in [5.74, 6) is -0.00342. The monoisotopic (exact) mass is 289 g/mol. The van der Waals surface area contributed by atoms with E-state index in [1.807, 2.05) is 36.9 Å². The Morgan fingerprint density at radius 2 is 2.19 bits per heavy atom. The molecule has 1 heterocycles. The molecule has 0 bridgehead atoms. The highest BCUT2D eigenvalue weighted by molar-refractivity contribution is 5.85. The first kappa shape index (κ1) is 15.5. The van der Waals surface area contributed by atoms with Gasteiger partial charge in [0.25, 0.3) is 0 Å². The van der Waals surface area contributed by atoms with E-state index >= 15 is 0 Å². The first-order chi connectivity index (χ1) is 10.2. The molecule has 1 amide bonds. The number of carbonyl (C=O) groups excluding carboxylic acids is 1. The van der Waals surface area contributed by atoms with Gasteiger partial charge in [0.2, 0.25) is 5.91 Å². The standard InChI is InChI=1S/C16H23N3O2/c1-12(11-21-3)18-15(20)10-19-8-7-13-5-4-6-14(9-17-2)16(13)19/h4-8,12,17H,9-11H2,1-3H3,(H,18,20). The molecule has 0 fully saturated rings. The van der Waals surface area contributed by atoms with Gasteiger partial charge >= 0.3 is 0 Å². The SMILES string of the molecule is CNCc1cccc2ccn(CC(=O)NC(C)COC)c12. The van der Waals surface area contributed by atoms with Crippen molar-refractivity contribution in [2.45, 2.75) is 26.1 Å². The van der Waals surface area contributed by atoms with E-state index in [4.69, 9.17) is 4.74 Å². The number of nitrogens with one attached hydrogen (secondary N) is 2. The van der Waals surface area contributed by atoms with Crippen LogP contribution < -0.4 is 10.6 Å². The van der Waals surface area contributed by atoms with Crippen molar-refractivity contribution < 1.29 is 9.53 Å². The maximum Gasteiger partial charge on any atom is 0.240 e. The van der Waals surface area contributed by atoms with E-state index in [9.17, 15) is 4.79 Å². The van der Waals surface area contributed by atoms with Gasteiger partial charge < -0.3 is 19.9 Å². The number of aromatic nitrogens is 1. The van der Waals surface area contributed by atoms with Gasteiger partial charge in [0, 0.05) is 25.9 Å². The molecule has 2 rings (SSSR count). The van der Waals surface area contributed by atoms with Crippen molar-refractivity contribution in [3.63, 3.8) is 0 Å². The van der Waals surface area contributed by atoms with Gasteiger partial charge in [0.1, 0.15) is 6.54 Å². The fraction of sp³-hybridized carbons (Fsp3) is 0.438. The van der Waals surface area contributed by atoms with Gasteiger partial charge in [0.15, 0.2) is 0 Å². The normalized spacial score (nSPS) is 12.5. The van der Waals surface area contributed by atoms with Gasteiger partial charge in [-0.1, -0.05) is 18.2 Å². The van der Waals surface area contributed by atoms with Crippen LogP contribution in [0.5, 0.6) is 0 Å². The van der Waals surface area contributed by atoms with E-state index in [1.165, 1.54) is 5.56 Å². The molecule has 1 unspecified atom stereocenters. The van der Waals surface area contributed by atoms with Crippen LogP contribution in [0.1, 0.15) is 12.5 Å². The minimum absolute atomic E-state index is 0.00342. The molecule has 21 heavy (non-hydrogen) atoms. The summed E-state index contributed by atoms with van der Waals surface area (Å²) in [7, 11) is 3.55. The summed E-state index contributed by atoms with van der Waals surface area (Å²) in [5.41, 5.74) is 2.30. The molecule has 1 atom stereocenters. The number of ether oxygens (including phenoxy) is 1. The first-order valence-corrected chi connectivity index (χ1v) is 7.15. The number of para-hydroxylation sites is 1. The van der Waals surface area contributed by atoms with E-state index in [1.54, 1.807) is 7.11 Å². The van der Waals surface area contributed by atoms with Crippen LogP contribution in [0.3, 0.4) is 0 Å². The molecule has 0 saturated carbocycles. The number of benzene rings is 1. The van der Waals surface area contributed by atoms with Gasteiger partial charge in [-0.05, 0) is 31.0 Å². The summed E-state index contributed by atoms with van der Waals surface area (Å²) in [5, 5.41) is 7.25. The molecule has 2 N–H and O–H groups in total. The first-order valence-electron chi connectivity index (χ1n) is 7.15. The number of fused-ring (bicyclic) bond motifs is 1. The lowest BCUT2D eigenvalue weighted by Crippen LogP contribution is -2.37. The third kappa shape index (κ3) is 3.83. The Labute approximate surface area is 125 Å². The highest BCUT2D eigenvalue weighted by Crippen LogP contribution is 2.20. The smallest absolute Gasteiger partial charge is 0.240 e. The highest BCUT2D eigenvalue weighted by Gasteiger charge is 2.11. The fourth-order valence-corrected chi connectivity index (χ4v) is 2.57. The third-order valence-corrected chi connectivity index (χ3v) is 3.38. The Bertz CT molecular complexity index is 607. The van der Waals surface area contributed by atoms with E-state index < -0.39 is 0 Å². The van der Waals surface area contributed by atoms with Crippen LogP contribution in [0.2, 0.25) is 0 Å². The second kappa shape index (κ2) is 7.24. The molecule has 0 aliphatic heterocycles. The predicted octanol–water partition coefficient (Wildman–Crippen LogP) is 1.51. The largest absolute Gasteiger partial charge is 0.383 e. The summed E-state index contributed by atoms with van der Waals surface area (Å²) in [6.07, 6.45) is 1.96. The lowest BCUT2D eigenvalue weighted by molar-refractivity contribution is -0.122. The quantitative estimate of drug-likeness (QED) is 0.812. The lowest BCUT2D eigenvalue weighted by atomic mass is 10.1. The number of carbonyl (C=O) groups is 1. The van der Waals surface area contributed by atoms with Crippen molar-refractivity contribution >= 4 is 16.8 Å². The van der Waals surface area contributed by atoms with Gasteiger partial charge in [-0.15, -0.1) is 0 Å². The van der Waals surface area contributed by atoms with Crippen LogP contribution in [0.15, 0.2) is 30.5 Å². The number of amides is 1. The number of hydrogen-bond acceptors (Lipinski definition) is 3. The molecule has 2 aromatic rings. The molecule has 1 aromatic heterocycles. The van der Waals surface area contributed by atoms with Crippen LogP contribution >= 0.6 is 0 Å². The summed E-state index contributed by atoms with van der Waals surface area (Å²) >= 11 is 0. The zero-order chi connectivity index (χ0) is 15.2. The van der Waals surface area contributed by atoms with Gasteiger partial charge in [-0.25, -0.2) is 0 Å². The number of nitrogens with zero attached hydrogens (tertiary/aromatic N) is 1. The molecule has 0 spiro atoms. The van der Waals surface area contributed by atoms with Crippen LogP contribution in [0.4, 0.5) is 0 Å². The minimum Gasteiger partial charge on any atom is -0.383 e. The van der Waals surface area contributed by atoms with Crippen LogP contribution in [-0.4, -0.2) is 37.3 Å². The molecule has 1 aromatic carbocycles. The van der Waals surface area contributed by atoms with Gasteiger partial charge in [-0.2, -0.15) is 0 Å². The Balaban J connectivity index is 2.16. The maximum atomic E-state index is 12.1. The van der Waals surface area contributed by atoms with Crippen molar-refractivity contribution in [1.29, 1.82) is 0 Å². The van der Waals surface area contributed by atoms with Crippen LogP contribution in [0.25, 0.3) is 10.9 Å². The Kier molecular flexibility index (Phi) is 5.36. The molecule has 114 valence electrons. The summed E-state index contributed by atoms with van der Waals surface area (Å²) < 4.78 is 7.03. The fourth-order valence-electron chi connectivity index (χ4n) is 2.57. The predicted molar refractivity (Wildman–Crippen MR) is 84.2 cm³/mol. The summed E-state index contributed by atoms with van der Waals surface area (Å²) in [6, 6.07) is 8.25. The molecular formula is C16H23N3O2. The van der Waals surface area contributed by atoms with E-state index in [0.29, 0.717) is 13.2 Å². The van der Waals surface area contributed by atoms with Gasteiger partial charge in [0.05, 0.1) is 12.1 Å². The Morgan fingerprint density at radius 3 is 2.90 bits per heavy atom. The highest BCUT2D eigenvalue weighted by atomic mass is 16.5. The topological polar surface area (TPSA) is 55.3 Å². The van der Waals surface area contributed by atoms with Crippen molar-refractivity contribution in [3.05, 3.63) is 36.0 Å². The third-order valence-electron chi connectivity index (χ3n) is 3.38. The number of rotatable bonds is 7. The molecule has 0 saturated heterocycles. The molecule has 5 nitrogen and oxygen atoms in total. The van der Waals surface area contributed by atoms with Gasteiger partial charge in [-0.3, -0.25) is 4.79 Å². The number of hydrogen-bond donors (Lipinski definition) is 2. The molecular weight excluding hydrogens is 266 g/mol. The summed E-state index contributed by atoms with van der Waals surface area (Å²) in [4.78, 5) is 12.1. The zero-order valence-corrected chi connectivity index (χ0v) is 12.8. The average molecular weight is 289 g/mol. The van der Waals surface area contributed by atoms with E-state index in [0.717, 1.165) is 17.4 Å². The van der Waals surface area contributed by atoms with Crippen LogP contribution in [0, 0.1) is 0 Å². The van der Waals surface area contributed by atoms with Crippen molar-refractivity contribution in [2.24, 2.45) is 0 Å². The molecule has 0 aliphatic carbocycles. The zero-order valence-electron chi connectivity index (χ0n) is 12.8. The Hall–Kier alpha value is -1.85. The lowest BCUT2D eigenvalue weighted by Gasteiger charge is -2.14. The number of methoxy groups -OCH3 is 1. The maximum absolute atomic E-state index is 12.1. The average Bonchev–Trinajstić information content (AvgIpc) is 2.83. The van der Waals surface area contributed by atoms with Crippen molar-refractivity contribution in [2.75, 3.05) is 20.8 Å². The van der Waals surface area contributed by atoms with E-state index in [-0.39, 0.29) is 11.9 Å². The van der Waals surface area contributed by atoms with Crippen molar-refractivity contribution in [3.8, 4) is 0 Å². The summed E-state index contributed by atoms with van der Waals surface area (Å²) in [6.45, 7) is 3.55. The minimum atomic E-state index is -0.00342. The Morgan fingerprint density at radius 1 is 1.38 bits per heavy atom. The second-order valence-electron chi connectivity index (χ2n) is 5.25.